The van der Waals surface area contributed by atoms with Crippen molar-refractivity contribution in [1.82, 2.24) is 15.4 Å². The largest absolute Gasteiger partial charge is 0.352 e. The molecule has 8 heteroatoms. The van der Waals surface area contributed by atoms with Crippen molar-refractivity contribution in [2.24, 2.45) is 0 Å². The van der Waals surface area contributed by atoms with Gasteiger partial charge in [-0.3, -0.25) is 4.79 Å². The molecule has 0 bridgehead atoms. The first-order chi connectivity index (χ1) is 10.8. The molecule has 3 unspecified atom stereocenters. The second-order valence-electron chi connectivity index (χ2n) is 5.88. The summed E-state index contributed by atoms with van der Waals surface area (Å²) in [4.78, 5) is 12.3. The first-order valence-corrected chi connectivity index (χ1v) is 9.45. The lowest BCUT2D eigenvalue weighted by Gasteiger charge is -2.29. The van der Waals surface area contributed by atoms with Crippen LogP contribution in [-0.2, 0) is 14.8 Å². The van der Waals surface area contributed by atoms with E-state index in [1.165, 1.54) is 31.2 Å². The highest BCUT2D eigenvalue weighted by atomic mass is 35.5. The van der Waals surface area contributed by atoms with Gasteiger partial charge < -0.3 is 10.6 Å². The van der Waals surface area contributed by atoms with Crippen molar-refractivity contribution < 1.29 is 13.2 Å². The van der Waals surface area contributed by atoms with Crippen molar-refractivity contribution in [1.29, 1.82) is 0 Å². The van der Waals surface area contributed by atoms with E-state index in [1.54, 1.807) is 0 Å². The number of halogens is 1. The summed E-state index contributed by atoms with van der Waals surface area (Å²) in [6, 6.07) is 5.37. The van der Waals surface area contributed by atoms with Gasteiger partial charge in [0.05, 0.1) is 10.9 Å². The highest BCUT2D eigenvalue weighted by Gasteiger charge is 2.25. The summed E-state index contributed by atoms with van der Waals surface area (Å²) in [7, 11) is -3.75. The predicted molar refractivity (Wildman–Crippen MR) is 89.9 cm³/mol. The van der Waals surface area contributed by atoms with E-state index in [0.717, 1.165) is 19.4 Å². The third-order valence-electron chi connectivity index (χ3n) is 3.82. The summed E-state index contributed by atoms with van der Waals surface area (Å²) in [6.07, 6.45) is 1.68. The average molecular weight is 360 g/mol. The zero-order chi connectivity index (χ0) is 17.0. The Morgan fingerprint density at radius 1 is 1.35 bits per heavy atom. The van der Waals surface area contributed by atoms with Crippen molar-refractivity contribution >= 4 is 27.5 Å². The molecule has 0 radical (unpaired) electrons. The minimum atomic E-state index is -3.75. The summed E-state index contributed by atoms with van der Waals surface area (Å²) in [6.45, 7) is 4.44. The van der Waals surface area contributed by atoms with Crippen LogP contribution in [-0.4, -0.2) is 39.0 Å². The molecule has 3 atom stereocenters. The van der Waals surface area contributed by atoms with E-state index in [-0.39, 0.29) is 16.8 Å². The van der Waals surface area contributed by atoms with E-state index >= 15 is 0 Å². The van der Waals surface area contributed by atoms with E-state index in [9.17, 15) is 13.2 Å². The van der Waals surface area contributed by atoms with Gasteiger partial charge in [0.1, 0.15) is 0 Å². The van der Waals surface area contributed by atoms with Gasteiger partial charge in [0.25, 0.3) is 0 Å². The molecule has 0 aromatic heterocycles. The molecule has 1 fully saturated rings. The molecule has 0 spiro atoms. The SMILES string of the molecule is CC1CC(NC(=O)C(C)NS(=O)(=O)c2ccc(Cl)cc2)CCN1. The van der Waals surface area contributed by atoms with Gasteiger partial charge in [0, 0.05) is 17.1 Å². The number of amides is 1. The highest BCUT2D eigenvalue weighted by molar-refractivity contribution is 7.89. The fourth-order valence-electron chi connectivity index (χ4n) is 2.56. The number of hydrogen-bond donors (Lipinski definition) is 3. The Labute approximate surface area is 142 Å². The number of hydrogen-bond acceptors (Lipinski definition) is 4. The first-order valence-electron chi connectivity index (χ1n) is 7.59. The van der Waals surface area contributed by atoms with Gasteiger partial charge in [0.15, 0.2) is 0 Å². The Kier molecular flexibility index (Phi) is 6.02. The smallest absolute Gasteiger partial charge is 0.241 e. The lowest BCUT2D eigenvalue weighted by molar-refractivity contribution is -0.123. The molecule has 3 N–H and O–H groups in total. The Bertz CT molecular complexity index is 648. The predicted octanol–water partition coefficient (Wildman–Crippen LogP) is 1.26. The Hall–Kier alpha value is -1.15. The van der Waals surface area contributed by atoms with Crippen LogP contribution in [0.25, 0.3) is 0 Å². The Morgan fingerprint density at radius 2 is 2.00 bits per heavy atom. The quantitative estimate of drug-likeness (QED) is 0.738. The summed E-state index contributed by atoms with van der Waals surface area (Å²) in [5.41, 5.74) is 0. The zero-order valence-corrected chi connectivity index (χ0v) is 14.7. The van der Waals surface area contributed by atoms with Crippen LogP contribution < -0.4 is 15.4 Å². The normalized spacial score (nSPS) is 23.3. The van der Waals surface area contributed by atoms with Crippen molar-refractivity contribution in [3.63, 3.8) is 0 Å². The van der Waals surface area contributed by atoms with Crippen LogP contribution in [0.3, 0.4) is 0 Å². The van der Waals surface area contributed by atoms with Crippen molar-refractivity contribution in [2.75, 3.05) is 6.54 Å². The average Bonchev–Trinajstić information content (AvgIpc) is 2.47. The third-order valence-corrected chi connectivity index (χ3v) is 5.63. The minimum absolute atomic E-state index is 0.0706. The van der Waals surface area contributed by atoms with E-state index in [1.807, 2.05) is 0 Å². The van der Waals surface area contributed by atoms with E-state index in [2.05, 4.69) is 22.3 Å². The fourth-order valence-corrected chi connectivity index (χ4v) is 3.89. The van der Waals surface area contributed by atoms with Gasteiger partial charge in [-0.2, -0.15) is 4.72 Å². The summed E-state index contributed by atoms with van der Waals surface area (Å²) < 4.78 is 26.9. The maximum absolute atomic E-state index is 12.3. The highest BCUT2D eigenvalue weighted by Crippen LogP contribution is 2.14. The first kappa shape index (κ1) is 18.2. The van der Waals surface area contributed by atoms with Crippen LogP contribution in [0.5, 0.6) is 0 Å². The molecule has 1 saturated heterocycles. The van der Waals surface area contributed by atoms with Gasteiger partial charge in [-0.1, -0.05) is 11.6 Å². The molecule has 1 aromatic carbocycles. The minimum Gasteiger partial charge on any atom is -0.352 e. The van der Waals surface area contributed by atoms with Gasteiger partial charge in [-0.15, -0.1) is 0 Å². The number of carbonyl (C=O) groups excluding carboxylic acids is 1. The maximum Gasteiger partial charge on any atom is 0.241 e. The van der Waals surface area contributed by atoms with Crippen LogP contribution in [0.2, 0.25) is 5.02 Å². The third kappa shape index (κ3) is 5.17. The fraction of sp³-hybridized carbons (Fsp3) is 0.533. The summed E-state index contributed by atoms with van der Waals surface area (Å²) in [5, 5.41) is 6.66. The number of benzene rings is 1. The van der Waals surface area contributed by atoms with E-state index in [4.69, 9.17) is 11.6 Å². The monoisotopic (exact) mass is 359 g/mol. The lowest BCUT2D eigenvalue weighted by Crippen LogP contribution is -2.52. The molecule has 128 valence electrons. The van der Waals surface area contributed by atoms with Crippen LogP contribution in [0.1, 0.15) is 26.7 Å². The van der Waals surface area contributed by atoms with Crippen LogP contribution in [0.15, 0.2) is 29.2 Å². The van der Waals surface area contributed by atoms with Gasteiger partial charge in [0.2, 0.25) is 15.9 Å². The molecule has 1 aliphatic rings. The zero-order valence-electron chi connectivity index (χ0n) is 13.2. The van der Waals surface area contributed by atoms with E-state index < -0.39 is 16.1 Å². The standard InChI is InChI=1S/C15H22ClN3O3S/c1-10-9-13(7-8-17-10)18-15(20)11(2)19-23(21,22)14-5-3-12(16)4-6-14/h3-6,10-11,13,17,19H,7-9H2,1-2H3,(H,18,20). The molecule has 2 rings (SSSR count). The molecule has 1 aliphatic heterocycles. The second kappa shape index (κ2) is 7.61. The van der Waals surface area contributed by atoms with Crippen molar-refractivity contribution in [3.05, 3.63) is 29.3 Å². The summed E-state index contributed by atoms with van der Waals surface area (Å²) >= 11 is 5.75. The Morgan fingerprint density at radius 3 is 2.61 bits per heavy atom. The van der Waals surface area contributed by atoms with E-state index in [0.29, 0.717) is 11.1 Å². The number of nitrogens with one attached hydrogen (secondary N) is 3. The molecule has 6 nitrogen and oxygen atoms in total. The van der Waals surface area contributed by atoms with Crippen molar-refractivity contribution in [2.45, 2.75) is 49.7 Å². The summed E-state index contributed by atoms with van der Waals surface area (Å²) in [5.74, 6) is -0.318. The van der Waals surface area contributed by atoms with Crippen LogP contribution in [0, 0.1) is 0 Å². The Balaban J connectivity index is 1.95. The van der Waals surface area contributed by atoms with Crippen LogP contribution >= 0.6 is 11.6 Å². The molecule has 1 amide bonds. The number of piperidine rings is 1. The molecular formula is C15H22ClN3O3S. The van der Waals surface area contributed by atoms with Crippen LogP contribution in [0.4, 0.5) is 0 Å². The maximum atomic E-state index is 12.3. The molecule has 1 heterocycles. The van der Waals surface area contributed by atoms with Gasteiger partial charge in [-0.25, -0.2) is 8.42 Å². The van der Waals surface area contributed by atoms with Crippen molar-refractivity contribution in [3.8, 4) is 0 Å². The molecule has 1 aromatic rings. The molecule has 0 saturated carbocycles. The molecular weight excluding hydrogens is 338 g/mol. The van der Waals surface area contributed by atoms with Gasteiger partial charge >= 0.3 is 0 Å². The number of carbonyl (C=O) groups is 1. The number of sulfonamides is 1. The lowest BCUT2D eigenvalue weighted by atomic mass is 10.0. The number of rotatable bonds is 5. The topological polar surface area (TPSA) is 87.3 Å². The van der Waals surface area contributed by atoms with Gasteiger partial charge in [-0.05, 0) is 57.5 Å². The molecule has 23 heavy (non-hydrogen) atoms. The second-order valence-corrected chi connectivity index (χ2v) is 8.03. The molecule has 0 aliphatic carbocycles.